The van der Waals surface area contributed by atoms with Crippen LogP contribution < -0.4 is 20.1 Å². The summed E-state index contributed by atoms with van der Waals surface area (Å²) < 4.78 is 10.8. The Hall–Kier alpha value is -3.55. The van der Waals surface area contributed by atoms with Gasteiger partial charge in [-0.1, -0.05) is 6.07 Å². The zero-order valence-electron chi connectivity index (χ0n) is 17.4. The predicted octanol–water partition coefficient (Wildman–Crippen LogP) is 2.56. The molecule has 2 N–H and O–H groups in total. The van der Waals surface area contributed by atoms with Gasteiger partial charge in [-0.15, -0.1) is 0 Å². The van der Waals surface area contributed by atoms with Crippen molar-refractivity contribution in [2.24, 2.45) is 0 Å². The monoisotopic (exact) mass is 407 g/mol. The van der Waals surface area contributed by atoms with Gasteiger partial charge in [-0.25, -0.2) is 4.98 Å². The minimum absolute atomic E-state index is 0.0978. The molecular formula is C22H25N5O3. The fraction of sp³-hybridized carbons (Fsp3) is 0.318. The van der Waals surface area contributed by atoms with E-state index in [1.165, 1.54) is 0 Å². The highest BCUT2D eigenvalue weighted by Crippen LogP contribution is 2.36. The maximum atomic E-state index is 11.6. The number of piperazine rings is 1. The molecule has 0 bridgehead atoms. The van der Waals surface area contributed by atoms with Crippen LogP contribution in [0.25, 0.3) is 22.2 Å². The molecule has 156 valence electrons. The van der Waals surface area contributed by atoms with Gasteiger partial charge in [0.2, 0.25) is 5.91 Å². The molecule has 3 aromatic rings. The van der Waals surface area contributed by atoms with Gasteiger partial charge in [0.15, 0.2) is 11.5 Å². The lowest BCUT2D eigenvalue weighted by molar-refractivity contribution is -0.129. The molecule has 1 amide bonds. The number of nitrogen functional groups attached to an aromatic ring is 1. The number of benzene rings is 1. The first-order valence-corrected chi connectivity index (χ1v) is 9.80. The molecule has 1 aliphatic rings. The molecule has 8 heteroatoms. The first-order valence-electron chi connectivity index (χ1n) is 9.80. The molecule has 1 saturated heterocycles. The highest BCUT2D eigenvalue weighted by Gasteiger charge is 2.21. The molecule has 0 saturated carbocycles. The van der Waals surface area contributed by atoms with Crippen LogP contribution in [0.15, 0.2) is 36.5 Å². The van der Waals surface area contributed by atoms with Crippen LogP contribution in [0.5, 0.6) is 11.5 Å². The summed E-state index contributed by atoms with van der Waals surface area (Å²) in [4.78, 5) is 25.0. The van der Waals surface area contributed by atoms with Gasteiger partial charge < -0.3 is 25.0 Å². The lowest BCUT2D eigenvalue weighted by Crippen LogP contribution is -2.48. The van der Waals surface area contributed by atoms with Gasteiger partial charge in [0, 0.05) is 50.9 Å². The first-order chi connectivity index (χ1) is 14.5. The summed E-state index contributed by atoms with van der Waals surface area (Å²) in [6.45, 7) is 4.37. The number of hydrogen-bond acceptors (Lipinski definition) is 7. The average molecular weight is 407 g/mol. The van der Waals surface area contributed by atoms with Crippen molar-refractivity contribution in [3.05, 3.63) is 36.5 Å². The number of nitrogens with two attached hydrogens (primary N) is 1. The number of rotatable bonds is 4. The van der Waals surface area contributed by atoms with Crippen LogP contribution in [0.1, 0.15) is 6.92 Å². The van der Waals surface area contributed by atoms with Gasteiger partial charge in [0.05, 0.1) is 19.9 Å². The number of ether oxygens (including phenoxy) is 2. The van der Waals surface area contributed by atoms with Crippen LogP contribution in [0.3, 0.4) is 0 Å². The normalized spacial score (nSPS) is 14.1. The Labute approximate surface area is 175 Å². The van der Waals surface area contributed by atoms with E-state index in [0.29, 0.717) is 48.9 Å². The number of carbonyl (C=O) groups is 1. The number of hydrogen-bond donors (Lipinski definition) is 1. The van der Waals surface area contributed by atoms with Crippen molar-refractivity contribution in [2.45, 2.75) is 6.92 Å². The van der Waals surface area contributed by atoms with Gasteiger partial charge in [-0.3, -0.25) is 9.78 Å². The fourth-order valence-corrected chi connectivity index (χ4v) is 3.78. The minimum atomic E-state index is 0.0978. The largest absolute Gasteiger partial charge is 0.493 e. The first kappa shape index (κ1) is 19.8. The smallest absolute Gasteiger partial charge is 0.219 e. The number of nitrogens with zero attached hydrogens (tertiary/aromatic N) is 4. The van der Waals surface area contributed by atoms with Crippen LogP contribution in [-0.4, -0.2) is 61.2 Å². The van der Waals surface area contributed by atoms with Gasteiger partial charge in [-0.2, -0.15) is 0 Å². The van der Waals surface area contributed by atoms with Crippen molar-refractivity contribution < 1.29 is 14.3 Å². The molecular weight excluding hydrogens is 382 g/mol. The minimum Gasteiger partial charge on any atom is -0.493 e. The molecule has 0 aliphatic carbocycles. The quantitative estimate of drug-likeness (QED) is 0.710. The van der Waals surface area contributed by atoms with Crippen molar-refractivity contribution >= 4 is 28.4 Å². The summed E-state index contributed by atoms with van der Waals surface area (Å²) in [5.74, 6) is 2.19. The van der Waals surface area contributed by atoms with Gasteiger partial charge >= 0.3 is 0 Å². The molecule has 2 aromatic heterocycles. The third-order valence-electron chi connectivity index (χ3n) is 5.45. The summed E-state index contributed by atoms with van der Waals surface area (Å²) >= 11 is 0. The Kier molecular flexibility index (Phi) is 5.31. The molecule has 1 aliphatic heterocycles. The van der Waals surface area contributed by atoms with Crippen LogP contribution in [0.4, 0.5) is 11.5 Å². The molecule has 3 heterocycles. The SMILES string of the molecule is COc1ccc(-c2ccnc3c(N)cc(N4CCN(C(C)=O)CC4)nc23)cc1OC. The Morgan fingerprint density at radius 2 is 1.73 bits per heavy atom. The summed E-state index contributed by atoms with van der Waals surface area (Å²) in [5, 5.41) is 0. The molecule has 4 rings (SSSR count). The maximum absolute atomic E-state index is 11.6. The number of aromatic nitrogens is 2. The van der Waals surface area contributed by atoms with Crippen LogP contribution in [0.2, 0.25) is 0 Å². The van der Waals surface area contributed by atoms with Crippen LogP contribution >= 0.6 is 0 Å². The summed E-state index contributed by atoms with van der Waals surface area (Å²) in [6.07, 6.45) is 1.73. The molecule has 0 radical (unpaired) electrons. The average Bonchev–Trinajstić information content (AvgIpc) is 2.78. The Bertz CT molecular complexity index is 1090. The van der Waals surface area contributed by atoms with E-state index in [4.69, 9.17) is 20.2 Å². The maximum Gasteiger partial charge on any atom is 0.219 e. The fourth-order valence-electron chi connectivity index (χ4n) is 3.78. The van der Waals surface area contributed by atoms with Crippen molar-refractivity contribution in [2.75, 3.05) is 51.0 Å². The van der Waals surface area contributed by atoms with E-state index >= 15 is 0 Å². The number of carbonyl (C=O) groups excluding carboxylic acids is 1. The second-order valence-electron chi connectivity index (χ2n) is 7.19. The second kappa shape index (κ2) is 8.06. The topological polar surface area (TPSA) is 93.8 Å². The van der Waals surface area contributed by atoms with Crippen LogP contribution in [-0.2, 0) is 4.79 Å². The molecule has 30 heavy (non-hydrogen) atoms. The van der Waals surface area contributed by atoms with Crippen molar-refractivity contribution in [3.63, 3.8) is 0 Å². The highest BCUT2D eigenvalue weighted by molar-refractivity contribution is 5.98. The summed E-state index contributed by atoms with van der Waals surface area (Å²) in [5.41, 5.74) is 10.2. The Balaban J connectivity index is 1.76. The van der Waals surface area contributed by atoms with Gasteiger partial charge in [-0.05, 0) is 23.8 Å². The summed E-state index contributed by atoms with van der Waals surface area (Å²) in [7, 11) is 3.22. The van der Waals surface area contributed by atoms with Gasteiger partial charge in [0.25, 0.3) is 0 Å². The standard InChI is InChI=1S/C22H25N5O3/c1-14(28)26-8-10-27(11-9-26)20-13-17(23)22-21(25-20)16(6-7-24-22)15-4-5-18(29-2)19(12-15)30-3/h4-7,12-13H,8-11H2,1-3H3,(H2,23,25). The van der Waals surface area contributed by atoms with E-state index in [2.05, 4.69) is 9.88 Å². The van der Waals surface area contributed by atoms with Crippen molar-refractivity contribution in [3.8, 4) is 22.6 Å². The zero-order valence-corrected chi connectivity index (χ0v) is 17.4. The predicted molar refractivity (Wildman–Crippen MR) is 117 cm³/mol. The lowest BCUT2D eigenvalue weighted by Gasteiger charge is -2.35. The van der Waals surface area contributed by atoms with E-state index < -0.39 is 0 Å². The van der Waals surface area contributed by atoms with E-state index in [1.807, 2.05) is 35.2 Å². The van der Waals surface area contributed by atoms with Gasteiger partial charge in [0.1, 0.15) is 16.9 Å². The molecule has 0 atom stereocenters. The molecule has 0 unspecified atom stereocenters. The Morgan fingerprint density at radius 1 is 1.00 bits per heavy atom. The van der Waals surface area contributed by atoms with E-state index in [0.717, 1.165) is 22.5 Å². The Morgan fingerprint density at radius 3 is 2.40 bits per heavy atom. The third-order valence-corrected chi connectivity index (χ3v) is 5.45. The van der Waals surface area contributed by atoms with E-state index in [1.54, 1.807) is 27.3 Å². The van der Waals surface area contributed by atoms with Crippen molar-refractivity contribution in [1.29, 1.82) is 0 Å². The number of pyridine rings is 2. The lowest BCUT2D eigenvalue weighted by atomic mass is 10.0. The number of methoxy groups -OCH3 is 2. The van der Waals surface area contributed by atoms with E-state index in [-0.39, 0.29) is 5.91 Å². The summed E-state index contributed by atoms with van der Waals surface area (Å²) in [6, 6.07) is 9.54. The number of anilines is 2. The zero-order chi connectivity index (χ0) is 21.3. The van der Waals surface area contributed by atoms with E-state index in [9.17, 15) is 4.79 Å². The number of fused-ring (bicyclic) bond motifs is 1. The number of amides is 1. The second-order valence-corrected chi connectivity index (χ2v) is 7.19. The molecule has 1 fully saturated rings. The highest BCUT2D eigenvalue weighted by atomic mass is 16.5. The van der Waals surface area contributed by atoms with Crippen LogP contribution in [0, 0.1) is 0 Å². The van der Waals surface area contributed by atoms with Crippen molar-refractivity contribution in [1.82, 2.24) is 14.9 Å². The molecule has 8 nitrogen and oxygen atoms in total. The third kappa shape index (κ3) is 3.56. The molecule has 0 spiro atoms. The molecule has 1 aromatic carbocycles.